The molecule has 4 rings (SSSR count). The molecule has 0 aliphatic carbocycles. The van der Waals surface area contributed by atoms with Crippen molar-refractivity contribution in [3.05, 3.63) is 71.6 Å². The van der Waals surface area contributed by atoms with Gasteiger partial charge in [0.05, 0.1) is 5.75 Å². The molecule has 0 unspecified atom stereocenters. The molecule has 6 nitrogen and oxygen atoms in total. The van der Waals surface area contributed by atoms with Gasteiger partial charge in [-0.25, -0.2) is 4.39 Å². The summed E-state index contributed by atoms with van der Waals surface area (Å²) in [4.78, 5) is 4.47. The van der Waals surface area contributed by atoms with E-state index < -0.39 is 0 Å². The summed E-state index contributed by atoms with van der Waals surface area (Å²) >= 11 is 1.43. The van der Waals surface area contributed by atoms with E-state index in [0.717, 1.165) is 22.6 Å². The third-order valence-electron chi connectivity index (χ3n) is 4.06. The van der Waals surface area contributed by atoms with Gasteiger partial charge >= 0.3 is 0 Å². The molecular weight excluding hydrogens is 365 g/mol. The van der Waals surface area contributed by atoms with Crippen molar-refractivity contribution < 1.29 is 8.91 Å². The molecule has 0 spiro atoms. The number of benzene rings is 2. The van der Waals surface area contributed by atoms with E-state index in [9.17, 15) is 4.39 Å². The predicted molar refractivity (Wildman–Crippen MR) is 100 cm³/mol. The van der Waals surface area contributed by atoms with Crippen LogP contribution in [0.25, 0.3) is 17.1 Å². The quantitative estimate of drug-likeness (QED) is 0.478. The fourth-order valence-corrected chi connectivity index (χ4v) is 3.53. The van der Waals surface area contributed by atoms with Crippen LogP contribution in [0.3, 0.4) is 0 Å². The van der Waals surface area contributed by atoms with Crippen molar-refractivity contribution in [2.75, 3.05) is 0 Å². The minimum atomic E-state index is -0.284. The molecule has 2 heterocycles. The normalized spacial score (nSPS) is 11.1. The minimum Gasteiger partial charge on any atom is -0.338 e. The van der Waals surface area contributed by atoms with E-state index in [2.05, 4.69) is 20.3 Å². The zero-order valence-electron chi connectivity index (χ0n) is 14.8. The molecule has 0 aliphatic heterocycles. The van der Waals surface area contributed by atoms with Gasteiger partial charge in [-0.05, 0) is 43.7 Å². The Hall–Kier alpha value is -3.00. The highest BCUT2D eigenvalue weighted by Crippen LogP contribution is 2.26. The lowest BCUT2D eigenvalue weighted by atomic mass is 10.1. The first-order valence-corrected chi connectivity index (χ1v) is 9.30. The largest absolute Gasteiger partial charge is 0.338 e. The molecule has 0 aliphatic rings. The van der Waals surface area contributed by atoms with Crippen LogP contribution in [-0.2, 0) is 5.75 Å². The van der Waals surface area contributed by atoms with Crippen molar-refractivity contribution in [1.29, 1.82) is 0 Å². The van der Waals surface area contributed by atoms with Crippen molar-refractivity contribution in [1.82, 2.24) is 24.9 Å². The predicted octanol–water partition coefficient (Wildman–Crippen LogP) is 4.37. The van der Waals surface area contributed by atoms with Crippen LogP contribution >= 0.6 is 11.8 Å². The Labute approximate surface area is 159 Å². The molecule has 0 atom stereocenters. The van der Waals surface area contributed by atoms with E-state index in [0.29, 0.717) is 22.6 Å². The summed E-state index contributed by atoms with van der Waals surface area (Å²) in [5.74, 6) is 1.96. The standard InChI is InChI=1S/C19H16FN5OS/c1-12-5-3-4-6-16(12)18-21-17(26-24-18)11-27-19-23-22-13(2)25(19)15-9-7-14(20)8-10-15/h3-10H,11H2,1-2H3. The van der Waals surface area contributed by atoms with E-state index in [1.54, 1.807) is 12.1 Å². The SMILES string of the molecule is Cc1ccccc1-c1noc(CSc2nnc(C)n2-c2ccc(F)cc2)n1. The van der Waals surface area contributed by atoms with Gasteiger partial charge in [0, 0.05) is 11.3 Å². The topological polar surface area (TPSA) is 69.6 Å². The Balaban J connectivity index is 1.54. The monoisotopic (exact) mass is 381 g/mol. The highest BCUT2D eigenvalue weighted by Gasteiger charge is 2.15. The fourth-order valence-electron chi connectivity index (χ4n) is 2.70. The summed E-state index contributed by atoms with van der Waals surface area (Å²) in [6.07, 6.45) is 0. The minimum absolute atomic E-state index is 0.284. The summed E-state index contributed by atoms with van der Waals surface area (Å²) in [5.41, 5.74) is 2.83. The Morgan fingerprint density at radius 2 is 1.81 bits per heavy atom. The highest BCUT2D eigenvalue weighted by atomic mass is 32.2. The molecule has 2 aromatic heterocycles. The Morgan fingerprint density at radius 1 is 1.04 bits per heavy atom. The molecule has 136 valence electrons. The van der Waals surface area contributed by atoms with Crippen LogP contribution in [-0.4, -0.2) is 24.9 Å². The molecule has 2 aromatic carbocycles. The molecule has 0 N–H and O–H groups in total. The molecule has 8 heteroatoms. The van der Waals surface area contributed by atoms with E-state index in [1.165, 1.54) is 23.9 Å². The lowest BCUT2D eigenvalue weighted by Crippen LogP contribution is -1.99. The molecule has 0 bridgehead atoms. The van der Waals surface area contributed by atoms with Crippen LogP contribution < -0.4 is 0 Å². The molecule has 0 radical (unpaired) electrons. The second kappa shape index (κ2) is 7.32. The second-order valence-electron chi connectivity index (χ2n) is 5.96. The summed E-state index contributed by atoms with van der Waals surface area (Å²) in [7, 11) is 0. The highest BCUT2D eigenvalue weighted by molar-refractivity contribution is 7.98. The van der Waals surface area contributed by atoms with Crippen molar-refractivity contribution in [2.45, 2.75) is 24.8 Å². The maximum atomic E-state index is 13.2. The van der Waals surface area contributed by atoms with Gasteiger partial charge in [-0.1, -0.05) is 41.2 Å². The van der Waals surface area contributed by atoms with Gasteiger partial charge in [0.15, 0.2) is 5.16 Å². The van der Waals surface area contributed by atoms with Gasteiger partial charge < -0.3 is 4.52 Å². The lowest BCUT2D eigenvalue weighted by molar-refractivity contribution is 0.391. The Morgan fingerprint density at radius 3 is 2.59 bits per heavy atom. The maximum Gasteiger partial charge on any atom is 0.237 e. The van der Waals surface area contributed by atoms with Crippen molar-refractivity contribution in [3.63, 3.8) is 0 Å². The van der Waals surface area contributed by atoms with Crippen LogP contribution in [0.4, 0.5) is 4.39 Å². The van der Waals surface area contributed by atoms with Crippen LogP contribution in [0.15, 0.2) is 58.2 Å². The average molecular weight is 381 g/mol. The van der Waals surface area contributed by atoms with Crippen molar-refractivity contribution in [2.24, 2.45) is 0 Å². The van der Waals surface area contributed by atoms with Crippen LogP contribution in [0.1, 0.15) is 17.3 Å². The fraction of sp³-hybridized carbons (Fsp3) is 0.158. The van der Waals surface area contributed by atoms with Crippen molar-refractivity contribution >= 4 is 11.8 Å². The molecule has 0 fully saturated rings. The van der Waals surface area contributed by atoms with E-state index >= 15 is 0 Å². The molecule has 0 amide bonds. The van der Waals surface area contributed by atoms with Gasteiger partial charge in [-0.3, -0.25) is 4.57 Å². The van der Waals surface area contributed by atoms with Gasteiger partial charge in [0.1, 0.15) is 11.6 Å². The lowest BCUT2D eigenvalue weighted by Gasteiger charge is -2.07. The maximum absolute atomic E-state index is 13.2. The number of rotatable bonds is 5. The number of hydrogen-bond acceptors (Lipinski definition) is 6. The third kappa shape index (κ3) is 3.61. The van der Waals surface area contributed by atoms with Gasteiger partial charge in [-0.2, -0.15) is 4.98 Å². The smallest absolute Gasteiger partial charge is 0.237 e. The second-order valence-corrected chi connectivity index (χ2v) is 6.90. The number of hydrogen-bond donors (Lipinski definition) is 0. The van der Waals surface area contributed by atoms with Crippen molar-refractivity contribution in [3.8, 4) is 17.1 Å². The number of nitrogens with zero attached hydrogens (tertiary/aromatic N) is 5. The zero-order chi connectivity index (χ0) is 18.8. The van der Waals surface area contributed by atoms with E-state index in [1.807, 2.05) is 42.7 Å². The molecule has 0 saturated carbocycles. The van der Waals surface area contributed by atoms with Gasteiger partial charge in [0.2, 0.25) is 11.7 Å². The first kappa shape index (κ1) is 17.4. The van der Waals surface area contributed by atoms with E-state index in [4.69, 9.17) is 4.52 Å². The van der Waals surface area contributed by atoms with Gasteiger partial charge in [0.25, 0.3) is 0 Å². The number of aryl methyl sites for hydroxylation is 2. The van der Waals surface area contributed by atoms with Gasteiger partial charge in [-0.15, -0.1) is 10.2 Å². The molecule has 0 saturated heterocycles. The Kier molecular flexibility index (Phi) is 4.72. The number of halogens is 1. The molecule has 27 heavy (non-hydrogen) atoms. The third-order valence-corrected chi connectivity index (χ3v) is 4.97. The number of aromatic nitrogens is 5. The number of thioether (sulfide) groups is 1. The van der Waals surface area contributed by atoms with Crippen LogP contribution in [0.5, 0.6) is 0 Å². The summed E-state index contributed by atoms with van der Waals surface area (Å²) in [6.45, 7) is 3.86. The summed E-state index contributed by atoms with van der Waals surface area (Å²) in [6, 6.07) is 14.1. The average Bonchev–Trinajstić information content (AvgIpc) is 3.28. The molecular formula is C19H16FN5OS. The van der Waals surface area contributed by atoms with Crippen LogP contribution in [0.2, 0.25) is 0 Å². The zero-order valence-corrected chi connectivity index (χ0v) is 15.6. The van der Waals surface area contributed by atoms with Crippen LogP contribution in [0, 0.1) is 19.7 Å². The molecule has 4 aromatic rings. The summed E-state index contributed by atoms with van der Waals surface area (Å²) < 4.78 is 20.4. The van der Waals surface area contributed by atoms with E-state index in [-0.39, 0.29) is 5.82 Å². The Bertz CT molecular complexity index is 1070. The summed E-state index contributed by atoms with van der Waals surface area (Å²) in [5, 5.41) is 13.1. The first-order chi connectivity index (χ1) is 13.1. The first-order valence-electron chi connectivity index (χ1n) is 8.31.